The molecular formula is C28H18Cl3N3O3. The van der Waals surface area contributed by atoms with Crippen molar-refractivity contribution >= 4 is 57.8 Å². The number of carbonyl (C=O) groups is 1. The van der Waals surface area contributed by atoms with Gasteiger partial charge < -0.3 is 9.15 Å². The summed E-state index contributed by atoms with van der Waals surface area (Å²) in [6, 6.07) is 25.0. The summed E-state index contributed by atoms with van der Waals surface area (Å²) >= 11 is 17.9. The molecule has 0 atom stereocenters. The van der Waals surface area contributed by atoms with Crippen LogP contribution in [0.5, 0.6) is 5.75 Å². The zero-order valence-corrected chi connectivity index (χ0v) is 21.4. The lowest BCUT2D eigenvalue weighted by molar-refractivity contribution is 0.0956. The Balaban J connectivity index is 1.28. The first-order chi connectivity index (χ1) is 18.0. The molecule has 3 aromatic carbocycles. The van der Waals surface area contributed by atoms with E-state index in [9.17, 15) is 4.79 Å². The van der Waals surface area contributed by atoms with Gasteiger partial charge in [0.1, 0.15) is 23.9 Å². The van der Waals surface area contributed by atoms with Gasteiger partial charge in [-0.25, -0.2) is 10.4 Å². The van der Waals surface area contributed by atoms with Crippen LogP contribution in [-0.4, -0.2) is 17.1 Å². The van der Waals surface area contributed by atoms with Crippen LogP contribution in [0, 0.1) is 0 Å². The lowest BCUT2D eigenvalue weighted by Gasteiger charge is -2.09. The summed E-state index contributed by atoms with van der Waals surface area (Å²) in [6.07, 6.45) is 1.42. The minimum atomic E-state index is -0.375. The highest BCUT2D eigenvalue weighted by atomic mass is 35.5. The van der Waals surface area contributed by atoms with E-state index >= 15 is 0 Å². The molecule has 5 aromatic rings. The molecular weight excluding hydrogens is 533 g/mol. The van der Waals surface area contributed by atoms with E-state index in [0.717, 1.165) is 5.56 Å². The van der Waals surface area contributed by atoms with Gasteiger partial charge in [0.25, 0.3) is 5.91 Å². The number of fused-ring (bicyclic) bond motifs is 1. The highest BCUT2D eigenvalue weighted by molar-refractivity contribution is 6.42. The quantitative estimate of drug-likeness (QED) is 0.166. The van der Waals surface area contributed by atoms with Crippen molar-refractivity contribution in [3.05, 3.63) is 117 Å². The first-order valence-electron chi connectivity index (χ1n) is 11.1. The number of furan rings is 1. The molecule has 0 unspecified atom stereocenters. The molecule has 0 aliphatic carbocycles. The zero-order valence-electron chi connectivity index (χ0n) is 19.1. The van der Waals surface area contributed by atoms with Crippen LogP contribution in [0.25, 0.3) is 22.2 Å². The standard InChI is InChI=1S/C28H18Cl3N3O3/c29-18-7-5-17(6-8-18)27-14-23(22-3-1-2-4-26(22)33-27)28(35)34-32-15-20-9-10-21(37-20)16-36-19-11-12-24(30)25(31)13-19/h1-15H,16H2,(H,34,35). The zero-order chi connectivity index (χ0) is 25.8. The largest absolute Gasteiger partial charge is 0.486 e. The van der Waals surface area contributed by atoms with Crippen molar-refractivity contribution in [2.45, 2.75) is 6.61 Å². The Hall–Kier alpha value is -3.84. The number of amides is 1. The minimum Gasteiger partial charge on any atom is -0.486 e. The van der Waals surface area contributed by atoms with E-state index in [1.807, 2.05) is 36.4 Å². The molecule has 6 nitrogen and oxygen atoms in total. The number of halogens is 3. The number of hydrogen-bond donors (Lipinski definition) is 1. The van der Waals surface area contributed by atoms with Gasteiger partial charge in [0.05, 0.1) is 33.0 Å². The Morgan fingerprint density at radius 2 is 1.76 bits per heavy atom. The predicted octanol–water partition coefficient (Wildman–Crippen LogP) is 7.80. The molecule has 1 amide bonds. The monoisotopic (exact) mass is 549 g/mol. The summed E-state index contributed by atoms with van der Waals surface area (Å²) in [7, 11) is 0. The number of nitrogens with one attached hydrogen (secondary N) is 1. The molecule has 5 rings (SSSR count). The molecule has 37 heavy (non-hydrogen) atoms. The molecule has 2 aromatic heterocycles. The van der Waals surface area contributed by atoms with Gasteiger partial charge in [-0.3, -0.25) is 4.79 Å². The van der Waals surface area contributed by atoms with Gasteiger partial charge in [0, 0.05) is 22.0 Å². The second kappa shape index (κ2) is 11.0. The Kier molecular flexibility index (Phi) is 7.42. The van der Waals surface area contributed by atoms with Crippen LogP contribution in [0.2, 0.25) is 15.1 Å². The minimum absolute atomic E-state index is 0.189. The second-order valence-corrected chi connectivity index (χ2v) is 9.20. The number of hydrogen-bond acceptors (Lipinski definition) is 5. The van der Waals surface area contributed by atoms with Crippen molar-refractivity contribution in [2.24, 2.45) is 5.10 Å². The number of hydrazone groups is 1. The fourth-order valence-electron chi connectivity index (χ4n) is 3.61. The molecule has 0 saturated carbocycles. The average molecular weight is 551 g/mol. The van der Waals surface area contributed by atoms with E-state index in [1.54, 1.807) is 48.5 Å². The molecule has 0 aliphatic rings. The summed E-state index contributed by atoms with van der Waals surface area (Å²) in [5.74, 6) is 1.22. The fraction of sp³-hybridized carbons (Fsp3) is 0.0357. The van der Waals surface area contributed by atoms with Crippen LogP contribution < -0.4 is 10.2 Å². The molecule has 0 bridgehead atoms. The highest BCUT2D eigenvalue weighted by Gasteiger charge is 2.14. The molecule has 2 heterocycles. The van der Waals surface area contributed by atoms with Crippen molar-refractivity contribution in [3.63, 3.8) is 0 Å². The lowest BCUT2D eigenvalue weighted by Crippen LogP contribution is -2.18. The van der Waals surface area contributed by atoms with Crippen molar-refractivity contribution in [1.29, 1.82) is 0 Å². The highest BCUT2D eigenvalue weighted by Crippen LogP contribution is 2.27. The van der Waals surface area contributed by atoms with Gasteiger partial charge >= 0.3 is 0 Å². The van der Waals surface area contributed by atoms with E-state index in [-0.39, 0.29) is 12.5 Å². The van der Waals surface area contributed by atoms with Crippen LogP contribution in [0.1, 0.15) is 21.9 Å². The second-order valence-electron chi connectivity index (χ2n) is 7.95. The fourth-order valence-corrected chi connectivity index (χ4v) is 4.02. The van der Waals surface area contributed by atoms with Gasteiger partial charge in [-0.15, -0.1) is 0 Å². The Bertz CT molecular complexity index is 1610. The third-order valence-electron chi connectivity index (χ3n) is 5.41. The summed E-state index contributed by atoms with van der Waals surface area (Å²) < 4.78 is 11.4. The molecule has 9 heteroatoms. The molecule has 0 saturated heterocycles. The molecule has 1 N–H and O–H groups in total. The lowest BCUT2D eigenvalue weighted by atomic mass is 10.0. The summed E-state index contributed by atoms with van der Waals surface area (Å²) in [5, 5.41) is 6.26. The molecule has 0 aliphatic heterocycles. The number of aromatic nitrogens is 1. The Morgan fingerprint density at radius 3 is 2.57 bits per heavy atom. The molecule has 184 valence electrons. The van der Waals surface area contributed by atoms with E-state index in [2.05, 4.69) is 10.5 Å². The smallest absolute Gasteiger partial charge is 0.272 e. The maximum absolute atomic E-state index is 13.1. The number of para-hydroxylation sites is 1. The number of carbonyl (C=O) groups excluding carboxylic acids is 1. The van der Waals surface area contributed by atoms with Gasteiger partial charge in [-0.1, -0.05) is 65.1 Å². The Morgan fingerprint density at radius 1 is 0.946 bits per heavy atom. The number of rotatable bonds is 7. The summed E-state index contributed by atoms with van der Waals surface area (Å²) in [6.45, 7) is 0.189. The van der Waals surface area contributed by atoms with Gasteiger partial charge in [0.15, 0.2) is 0 Å². The van der Waals surface area contributed by atoms with Gasteiger partial charge in [-0.2, -0.15) is 5.10 Å². The van der Waals surface area contributed by atoms with Gasteiger partial charge in [-0.05, 0) is 48.5 Å². The number of benzene rings is 3. The maximum atomic E-state index is 13.1. The number of ether oxygens (including phenoxy) is 1. The van der Waals surface area contributed by atoms with Crippen molar-refractivity contribution < 1.29 is 13.9 Å². The third kappa shape index (κ3) is 5.94. The first kappa shape index (κ1) is 24.8. The SMILES string of the molecule is O=C(NN=Cc1ccc(COc2ccc(Cl)c(Cl)c2)o1)c1cc(-c2ccc(Cl)cc2)nc2ccccc12. The Labute approximate surface area is 227 Å². The van der Waals surface area contributed by atoms with Crippen LogP contribution in [-0.2, 0) is 6.61 Å². The average Bonchev–Trinajstić information content (AvgIpc) is 3.36. The van der Waals surface area contributed by atoms with Gasteiger partial charge in [0.2, 0.25) is 0 Å². The van der Waals surface area contributed by atoms with Crippen molar-refractivity contribution in [1.82, 2.24) is 10.4 Å². The van der Waals surface area contributed by atoms with Crippen LogP contribution in [0.15, 0.2) is 94.4 Å². The summed E-state index contributed by atoms with van der Waals surface area (Å²) in [5.41, 5.74) is 5.21. The van der Waals surface area contributed by atoms with E-state index in [4.69, 9.17) is 48.9 Å². The van der Waals surface area contributed by atoms with E-state index < -0.39 is 0 Å². The normalized spacial score (nSPS) is 11.2. The topological polar surface area (TPSA) is 76.7 Å². The number of nitrogens with zero attached hydrogens (tertiary/aromatic N) is 2. The van der Waals surface area contributed by atoms with Crippen molar-refractivity contribution in [3.8, 4) is 17.0 Å². The summed E-state index contributed by atoms with van der Waals surface area (Å²) in [4.78, 5) is 17.8. The first-order valence-corrected chi connectivity index (χ1v) is 12.3. The van der Waals surface area contributed by atoms with Crippen LogP contribution in [0.3, 0.4) is 0 Å². The van der Waals surface area contributed by atoms with Crippen molar-refractivity contribution in [2.75, 3.05) is 0 Å². The predicted molar refractivity (Wildman–Crippen MR) is 147 cm³/mol. The molecule has 0 fully saturated rings. The molecule has 0 spiro atoms. The van der Waals surface area contributed by atoms with Crippen LogP contribution >= 0.6 is 34.8 Å². The number of pyridine rings is 1. The van der Waals surface area contributed by atoms with Crippen LogP contribution in [0.4, 0.5) is 0 Å². The maximum Gasteiger partial charge on any atom is 0.272 e. The molecule has 0 radical (unpaired) electrons. The van der Waals surface area contributed by atoms with E-state index in [1.165, 1.54) is 6.21 Å². The third-order valence-corrected chi connectivity index (χ3v) is 6.40. The van der Waals surface area contributed by atoms with E-state index in [0.29, 0.717) is 54.5 Å².